The molecule has 3 rings (SSSR count). The van der Waals surface area contributed by atoms with Crippen molar-refractivity contribution >= 4 is 0 Å². The van der Waals surface area contributed by atoms with Gasteiger partial charge < -0.3 is 4.74 Å². The van der Waals surface area contributed by atoms with Crippen molar-refractivity contribution in [2.75, 3.05) is 39.8 Å². The lowest BCUT2D eigenvalue weighted by Gasteiger charge is -2.39. The summed E-state index contributed by atoms with van der Waals surface area (Å²) in [4.78, 5) is 4.89. The summed E-state index contributed by atoms with van der Waals surface area (Å²) in [7, 11) is 1.69. The van der Waals surface area contributed by atoms with Gasteiger partial charge in [0.05, 0.1) is 18.7 Å². The predicted molar refractivity (Wildman–Crippen MR) is 106 cm³/mol. The topological polar surface area (TPSA) is 59.3 Å². The fraction of sp³-hybridized carbons (Fsp3) is 0.550. The summed E-state index contributed by atoms with van der Waals surface area (Å²) in [6.45, 7) is 15.1. The molecule has 7 nitrogen and oxygen atoms in total. The summed E-state index contributed by atoms with van der Waals surface area (Å²) < 4.78 is 7.27. The molecule has 27 heavy (non-hydrogen) atoms. The highest BCUT2D eigenvalue weighted by molar-refractivity contribution is 5.32. The van der Waals surface area contributed by atoms with Crippen LogP contribution in [0.1, 0.15) is 38.2 Å². The number of ether oxygens (including phenoxy) is 1. The standard InChI is InChI=1S/C20H30N6O/c1-6-11-24-12-14-25(15-13-24)18(16-7-9-17(27-5)10-8-16)19-21-22-23-26(19)20(2,3)4/h6-10,18H,1,11-15H2,2-5H3/t18-/m0/s1. The van der Waals surface area contributed by atoms with Crippen LogP contribution in [0.4, 0.5) is 0 Å². The minimum Gasteiger partial charge on any atom is -0.497 e. The first-order chi connectivity index (χ1) is 12.9. The molecule has 1 aromatic carbocycles. The molecule has 7 heteroatoms. The Bertz CT molecular complexity index is 741. The van der Waals surface area contributed by atoms with E-state index in [-0.39, 0.29) is 11.6 Å². The first kappa shape index (κ1) is 19.5. The van der Waals surface area contributed by atoms with Crippen LogP contribution >= 0.6 is 0 Å². The Morgan fingerprint density at radius 2 is 1.81 bits per heavy atom. The first-order valence-corrected chi connectivity index (χ1v) is 9.44. The second-order valence-corrected chi connectivity index (χ2v) is 7.92. The molecule has 0 aliphatic carbocycles. The third-order valence-electron chi connectivity index (χ3n) is 4.96. The molecule has 2 aromatic rings. The van der Waals surface area contributed by atoms with Crippen molar-refractivity contribution < 1.29 is 4.74 Å². The van der Waals surface area contributed by atoms with Gasteiger partial charge in [-0.3, -0.25) is 9.80 Å². The number of piperazine rings is 1. The van der Waals surface area contributed by atoms with Crippen LogP contribution < -0.4 is 4.74 Å². The Labute approximate surface area is 161 Å². The van der Waals surface area contributed by atoms with Crippen molar-refractivity contribution in [1.29, 1.82) is 0 Å². The molecule has 0 radical (unpaired) electrons. The zero-order chi connectivity index (χ0) is 19.4. The van der Waals surface area contributed by atoms with E-state index in [0.29, 0.717) is 0 Å². The normalized spacial score (nSPS) is 17.6. The van der Waals surface area contributed by atoms with Crippen molar-refractivity contribution in [3.05, 3.63) is 48.3 Å². The van der Waals surface area contributed by atoms with Crippen LogP contribution in [0.2, 0.25) is 0 Å². The van der Waals surface area contributed by atoms with Crippen molar-refractivity contribution in [3.8, 4) is 5.75 Å². The van der Waals surface area contributed by atoms with E-state index in [1.54, 1.807) is 7.11 Å². The maximum atomic E-state index is 5.33. The maximum absolute atomic E-state index is 5.33. The van der Waals surface area contributed by atoms with Gasteiger partial charge in [-0.25, -0.2) is 4.68 Å². The van der Waals surface area contributed by atoms with E-state index in [1.807, 2.05) is 22.9 Å². The number of methoxy groups -OCH3 is 1. The van der Waals surface area contributed by atoms with Gasteiger partial charge in [-0.15, -0.1) is 11.7 Å². The predicted octanol–water partition coefficient (Wildman–Crippen LogP) is 2.33. The minimum absolute atomic E-state index is 0.0102. The lowest BCUT2D eigenvalue weighted by atomic mass is 10.0. The number of benzene rings is 1. The van der Waals surface area contributed by atoms with Gasteiger partial charge in [0.25, 0.3) is 0 Å². The molecule has 1 fully saturated rings. The Morgan fingerprint density at radius 3 is 2.37 bits per heavy atom. The van der Waals surface area contributed by atoms with E-state index in [4.69, 9.17) is 4.74 Å². The average Bonchev–Trinajstić information content (AvgIpc) is 3.14. The van der Waals surface area contributed by atoms with Gasteiger partial charge in [0, 0.05) is 32.7 Å². The van der Waals surface area contributed by atoms with Crippen LogP contribution in [-0.2, 0) is 5.54 Å². The highest BCUT2D eigenvalue weighted by Gasteiger charge is 2.33. The Kier molecular flexibility index (Phi) is 5.92. The summed E-state index contributed by atoms with van der Waals surface area (Å²) in [6.07, 6.45) is 1.97. The minimum atomic E-state index is -0.186. The largest absolute Gasteiger partial charge is 0.497 e. The quantitative estimate of drug-likeness (QED) is 0.728. The second kappa shape index (κ2) is 8.19. The van der Waals surface area contributed by atoms with E-state index in [2.05, 4.69) is 64.8 Å². The van der Waals surface area contributed by atoms with E-state index in [0.717, 1.165) is 44.3 Å². The van der Waals surface area contributed by atoms with E-state index in [1.165, 1.54) is 5.56 Å². The molecule has 1 aliphatic heterocycles. The van der Waals surface area contributed by atoms with Crippen LogP contribution in [0.15, 0.2) is 36.9 Å². The first-order valence-electron chi connectivity index (χ1n) is 9.44. The Balaban J connectivity index is 1.95. The molecule has 0 amide bonds. The van der Waals surface area contributed by atoms with Gasteiger partial charge in [-0.1, -0.05) is 18.2 Å². The number of tetrazole rings is 1. The Hall–Kier alpha value is -2.25. The molecule has 0 N–H and O–H groups in total. The number of rotatable bonds is 6. The lowest BCUT2D eigenvalue weighted by molar-refractivity contribution is 0.110. The Morgan fingerprint density at radius 1 is 1.15 bits per heavy atom. The van der Waals surface area contributed by atoms with Gasteiger partial charge >= 0.3 is 0 Å². The number of aromatic nitrogens is 4. The fourth-order valence-corrected chi connectivity index (χ4v) is 3.54. The van der Waals surface area contributed by atoms with Crippen molar-refractivity contribution in [3.63, 3.8) is 0 Å². The van der Waals surface area contributed by atoms with Crippen LogP contribution in [0.5, 0.6) is 5.75 Å². The van der Waals surface area contributed by atoms with Crippen LogP contribution in [-0.4, -0.2) is 69.8 Å². The number of nitrogens with zero attached hydrogens (tertiary/aromatic N) is 6. The summed E-state index contributed by atoms with van der Waals surface area (Å²) in [5.74, 6) is 1.73. The molecule has 1 aliphatic rings. The molecule has 1 atom stereocenters. The molecule has 0 bridgehead atoms. The van der Waals surface area contributed by atoms with Gasteiger partial charge in [0.15, 0.2) is 5.82 Å². The molecular weight excluding hydrogens is 340 g/mol. The van der Waals surface area contributed by atoms with Crippen molar-refractivity contribution in [1.82, 2.24) is 30.0 Å². The second-order valence-electron chi connectivity index (χ2n) is 7.92. The summed E-state index contributed by atoms with van der Waals surface area (Å²) in [6, 6.07) is 8.24. The molecule has 2 heterocycles. The third-order valence-corrected chi connectivity index (χ3v) is 4.96. The van der Waals surface area contributed by atoms with Gasteiger partial charge in [0.2, 0.25) is 0 Å². The van der Waals surface area contributed by atoms with Crippen LogP contribution in [0.25, 0.3) is 0 Å². The fourth-order valence-electron chi connectivity index (χ4n) is 3.54. The zero-order valence-corrected chi connectivity index (χ0v) is 16.8. The molecule has 0 spiro atoms. The lowest BCUT2D eigenvalue weighted by Crippen LogP contribution is -2.48. The van der Waals surface area contributed by atoms with Gasteiger partial charge in [-0.05, 0) is 48.9 Å². The molecule has 1 saturated heterocycles. The average molecular weight is 371 g/mol. The van der Waals surface area contributed by atoms with Crippen LogP contribution in [0, 0.1) is 0 Å². The SMILES string of the molecule is C=CCN1CCN([C@@H](c2ccc(OC)cc2)c2nnnn2C(C)(C)C)CC1. The molecule has 0 unspecified atom stereocenters. The number of hydrogen-bond acceptors (Lipinski definition) is 6. The molecule has 1 aromatic heterocycles. The van der Waals surface area contributed by atoms with Crippen molar-refractivity contribution in [2.45, 2.75) is 32.4 Å². The molecule has 0 saturated carbocycles. The maximum Gasteiger partial charge on any atom is 0.173 e. The van der Waals surface area contributed by atoms with E-state index in [9.17, 15) is 0 Å². The van der Waals surface area contributed by atoms with Gasteiger partial charge in [0.1, 0.15) is 5.75 Å². The summed E-state index contributed by atoms with van der Waals surface area (Å²) in [5.41, 5.74) is 0.988. The smallest absolute Gasteiger partial charge is 0.173 e. The third kappa shape index (κ3) is 4.36. The van der Waals surface area contributed by atoms with Crippen molar-refractivity contribution in [2.24, 2.45) is 0 Å². The van der Waals surface area contributed by atoms with Crippen LogP contribution in [0.3, 0.4) is 0 Å². The number of hydrogen-bond donors (Lipinski definition) is 0. The molecule has 146 valence electrons. The summed E-state index contributed by atoms with van der Waals surface area (Å²) in [5, 5.41) is 12.7. The van der Waals surface area contributed by atoms with E-state index < -0.39 is 0 Å². The molecular formula is C20H30N6O. The summed E-state index contributed by atoms with van der Waals surface area (Å²) >= 11 is 0. The monoisotopic (exact) mass is 370 g/mol. The highest BCUT2D eigenvalue weighted by Crippen LogP contribution is 2.31. The van der Waals surface area contributed by atoms with E-state index >= 15 is 0 Å². The van der Waals surface area contributed by atoms with Gasteiger partial charge in [-0.2, -0.15) is 0 Å². The zero-order valence-electron chi connectivity index (χ0n) is 16.8. The highest BCUT2D eigenvalue weighted by atomic mass is 16.5.